The van der Waals surface area contributed by atoms with Crippen molar-refractivity contribution in [3.05, 3.63) is 16.0 Å². The molecular formula is C12H19NO4S2. The zero-order valence-corrected chi connectivity index (χ0v) is 13.4. The van der Waals surface area contributed by atoms with Gasteiger partial charge in [-0.15, -0.1) is 11.3 Å². The molecule has 0 atom stereocenters. The van der Waals surface area contributed by atoms with Crippen LogP contribution in [0.25, 0.3) is 0 Å². The first kappa shape index (κ1) is 16.0. The molecule has 0 bridgehead atoms. The average molecular weight is 305 g/mol. The summed E-state index contributed by atoms with van der Waals surface area (Å²) in [4.78, 5) is 12.8. The van der Waals surface area contributed by atoms with E-state index < -0.39 is 21.2 Å². The Bertz CT molecular complexity index is 573. The second kappa shape index (κ2) is 5.92. The third-order valence-electron chi connectivity index (χ3n) is 2.72. The summed E-state index contributed by atoms with van der Waals surface area (Å²) in [5.41, 5.74) is 1.07. The molecule has 1 rings (SSSR count). The van der Waals surface area contributed by atoms with Gasteiger partial charge in [-0.2, -0.15) is 0 Å². The highest BCUT2D eigenvalue weighted by Gasteiger charge is 2.25. The number of sulfonamides is 1. The van der Waals surface area contributed by atoms with Crippen molar-refractivity contribution in [1.29, 1.82) is 0 Å². The van der Waals surface area contributed by atoms with E-state index in [1.807, 2.05) is 6.92 Å². The van der Waals surface area contributed by atoms with Gasteiger partial charge in [0, 0.05) is 4.88 Å². The van der Waals surface area contributed by atoms with Crippen LogP contribution in [0.1, 0.15) is 41.6 Å². The van der Waals surface area contributed by atoms with Gasteiger partial charge in [-0.25, -0.2) is 13.2 Å². The Balaban J connectivity index is 3.22. The first-order chi connectivity index (χ1) is 8.70. The van der Waals surface area contributed by atoms with Gasteiger partial charge in [0.05, 0.1) is 17.4 Å². The first-order valence-electron chi connectivity index (χ1n) is 5.99. The number of hydrogen-bond donors (Lipinski definition) is 1. The number of carbonyl (C=O) groups is 1. The molecule has 0 saturated carbocycles. The van der Waals surface area contributed by atoms with Crippen molar-refractivity contribution in [3.63, 3.8) is 0 Å². The Hall–Kier alpha value is -1.08. The maximum atomic E-state index is 11.9. The molecule has 0 aromatic carbocycles. The lowest BCUT2D eigenvalue weighted by Gasteiger charge is -2.11. The largest absolute Gasteiger partial charge is 0.462 e. The zero-order valence-electron chi connectivity index (χ0n) is 11.7. The fraction of sp³-hybridized carbons (Fsp3) is 0.583. The zero-order chi connectivity index (χ0) is 14.8. The predicted octanol–water partition coefficient (Wildman–Crippen LogP) is 2.69. The Kier molecular flexibility index (Phi) is 4.98. The smallest absolute Gasteiger partial charge is 0.341 e. The van der Waals surface area contributed by atoms with Crippen LogP contribution in [0, 0.1) is 13.8 Å². The maximum Gasteiger partial charge on any atom is 0.341 e. The molecule has 19 heavy (non-hydrogen) atoms. The van der Waals surface area contributed by atoms with Crippen LogP contribution in [0.3, 0.4) is 0 Å². The summed E-state index contributed by atoms with van der Waals surface area (Å²) < 4.78 is 31.2. The van der Waals surface area contributed by atoms with Gasteiger partial charge >= 0.3 is 5.97 Å². The highest BCUT2D eigenvalue weighted by Crippen LogP contribution is 2.34. The Labute approximate surface area is 118 Å². The van der Waals surface area contributed by atoms with Crippen molar-refractivity contribution in [1.82, 2.24) is 0 Å². The van der Waals surface area contributed by atoms with Crippen LogP contribution in [0.5, 0.6) is 0 Å². The number of ether oxygens (including phenoxy) is 1. The molecule has 1 heterocycles. The molecule has 0 aliphatic rings. The summed E-state index contributed by atoms with van der Waals surface area (Å²) in [5, 5.41) is -0.229. The molecular weight excluding hydrogens is 286 g/mol. The number of rotatable bonds is 5. The second-order valence-corrected chi connectivity index (χ2v) is 7.87. The average Bonchev–Trinajstić information content (AvgIpc) is 2.53. The van der Waals surface area contributed by atoms with Crippen LogP contribution < -0.4 is 4.72 Å². The summed E-state index contributed by atoms with van der Waals surface area (Å²) >= 11 is 1.25. The third kappa shape index (κ3) is 3.48. The van der Waals surface area contributed by atoms with E-state index >= 15 is 0 Å². The van der Waals surface area contributed by atoms with Gasteiger partial charge in [-0.3, -0.25) is 4.72 Å². The fourth-order valence-corrected chi connectivity index (χ4v) is 3.41. The predicted molar refractivity (Wildman–Crippen MR) is 77.4 cm³/mol. The molecule has 5 nitrogen and oxygen atoms in total. The van der Waals surface area contributed by atoms with Gasteiger partial charge in [0.1, 0.15) is 5.00 Å². The molecule has 0 fully saturated rings. The summed E-state index contributed by atoms with van der Waals surface area (Å²) in [7, 11) is -3.47. The van der Waals surface area contributed by atoms with E-state index in [4.69, 9.17) is 4.74 Å². The van der Waals surface area contributed by atoms with Gasteiger partial charge in [-0.05, 0) is 40.2 Å². The minimum absolute atomic E-state index is 0.254. The number of thiophene rings is 1. The van der Waals surface area contributed by atoms with E-state index in [0.29, 0.717) is 10.6 Å². The molecule has 0 amide bonds. The lowest BCUT2D eigenvalue weighted by Crippen LogP contribution is -2.23. The van der Waals surface area contributed by atoms with Crippen molar-refractivity contribution < 1.29 is 17.9 Å². The first-order valence-corrected chi connectivity index (χ1v) is 8.35. The monoisotopic (exact) mass is 305 g/mol. The number of aryl methyl sites for hydroxylation is 1. The van der Waals surface area contributed by atoms with E-state index in [9.17, 15) is 13.2 Å². The SMILES string of the molecule is CCOC(=O)c1c(NS(=O)(=O)C(C)C)sc(C)c1C. The molecule has 108 valence electrons. The molecule has 7 heteroatoms. The van der Waals surface area contributed by atoms with Crippen LogP contribution in [0.15, 0.2) is 0 Å². The third-order valence-corrected chi connectivity index (χ3v) is 5.70. The molecule has 0 aliphatic heterocycles. The van der Waals surface area contributed by atoms with Crippen molar-refractivity contribution in [2.45, 2.75) is 39.9 Å². The van der Waals surface area contributed by atoms with Crippen LogP contribution in [-0.2, 0) is 14.8 Å². The molecule has 1 aromatic heterocycles. The number of carbonyl (C=O) groups excluding carboxylic acids is 1. The Morgan fingerprint density at radius 2 is 1.95 bits per heavy atom. The number of esters is 1. The van der Waals surface area contributed by atoms with Crippen molar-refractivity contribution >= 4 is 32.3 Å². The fourth-order valence-electron chi connectivity index (χ4n) is 1.39. The van der Waals surface area contributed by atoms with E-state index in [-0.39, 0.29) is 6.61 Å². The summed E-state index contributed by atoms with van der Waals surface area (Å²) in [6.07, 6.45) is 0. The Morgan fingerprint density at radius 1 is 1.37 bits per heavy atom. The molecule has 0 radical (unpaired) electrons. The maximum absolute atomic E-state index is 11.9. The number of nitrogens with one attached hydrogen (secondary N) is 1. The number of hydrogen-bond acceptors (Lipinski definition) is 5. The van der Waals surface area contributed by atoms with E-state index in [1.165, 1.54) is 11.3 Å². The minimum atomic E-state index is -3.47. The topological polar surface area (TPSA) is 72.5 Å². The molecule has 0 saturated heterocycles. The summed E-state index contributed by atoms with van der Waals surface area (Å²) in [6, 6.07) is 0. The van der Waals surface area contributed by atoms with E-state index in [1.54, 1.807) is 27.7 Å². The van der Waals surface area contributed by atoms with Crippen LogP contribution in [-0.4, -0.2) is 26.2 Å². The molecule has 0 aliphatic carbocycles. The highest BCUT2D eigenvalue weighted by molar-refractivity contribution is 7.93. The lowest BCUT2D eigenvalue weighted by atomic mass is 10.2. The normalized spacial score (nSPS) is 11.7. The second-order valence-electron chi connectivity index (χ2n) is 4.40. The molecule has 1 aromatic rings. The van der Waals surface area contributed by atoms with E-state index in [0.717, 1.165) is 10.4 Å². The standard InChI is InChI=1S/C12H19NO4S2/c1-6-17-12(14)10-8(4)9(5)18-11(10)13-19(15,16)7(2)3/h7,13H,6H2,1-5H3. The highest BCUT2D eigenvalue weighted by atomic mass is 32.2. The van der Waals surface area contributed by atoms with Crippen molar-refractivity contribution in [2.75, 3.05) is 11.3 Å². The summed E-state index contributed by atoms with van der Waals surface area (Å²) in [5.74, 6) is -0.495. The van der Waals surface area contributed by atoms with Crippen LogP contribution >= 0.6 is 11.3 Å². The lowest BCUT2D eigenvalue weighted by molar-refractivity contribution is 0.0527. The van der Waals surface area contributed by atoms with Crippen LogP contribution in [0.2, 0.25) is 0 Å². The minimum Gasteiger partial charge on any atom is -0.462 e. The van der Waals surface area contributed by atoms with Gasteiger partial charge in [0.25, 0.3) is 0 Å². The van der Waals surface area contributed by atoms with Crippen LogP contribution in [0.4, 0.5) is 5.00 Å². The van der Waals surface area contributed by atoms with Gasteiger partial charge < -0.3 is 4.74 Å². The molecule has 1 N–H and O–H groups in total. The van der Waals surface area contributed by atoms with Crippen molar-refractivity contribution in [2.24, 2.45) is 0 Å². The summed E-state index contributed by atoms with van der Waals surface area (Å²) in [6.45, 7) is 8.76. The van der Waals surface area contributed by atoms with Gasteiger partial charge in [-0.1, -0.05) is 0 Å². The quantitative estimate of drug-likeness (QED) is 0.849. The van der Waals surface area contributed by atoms with Gasteiger partial charge in [0.2, 0.25) is 10.0 Å². The van der Waals surface area contributed by atoms with E-state index in [2.05, 4.69) is 4.72 Å². The Morgan fingerprint density at radius 3 is 2.42 bits per heavy atom. The molecule has 0 spiro atoms. The van der Waals surface area contributed by atoms with Crippen molar-refractivity contribution in [3.8, 4) is 0 Å². The van der Waals surface area contributed by atoms with Gasteiger partial charge in [0.15, 0.2) is 0 Å². The molecule has 0 unspecified atom stereocenters. The number of anilines is 1.